The molecule has 1 fully saturated rings. The Labute approximate surface area is 118 Å². The molecular weight excluding hydrogens is 293 g/mol. The Morgan fingerprint density at radius 1 is 1.15 bits per heavy atom. The number of alkyl halides is 3. The minimum absolute atomic E-state index is 0.169. The number of hydrogen-bond donors (Lipinski definition) is 2. The van der Waals surface area contributed by atoms with Crippen molar-refractivity contribution in [2.75, 3.05) is 5.75 Å². The van der Waals surface area contributed by atoms with Crippen LogP contribution in [-0.2, 0) is 10.0 Å². The number of nitrogens with two attached hydrogens (primary N) is 1. The van der Waals surface area contributed by atoms with Crippen LogP contribution in [0, 0.1) is 10.8 Å². The van der Waals surface area contributed by atoms with Crippen molar-refractivity contribution in [2.45, 2.75) is 58.8 Å². The quantitative estimate of drug-likeness (QED) is 0.815. The Bertz CT molecular complexity index is 442. The van der Waals surface area contributed by atoms with Crippen molar-refractivity contribution in [1.29, 1.82) is 0 Å². The Morgan fingerprint density at radius 3 is 2.00 bits per heavy atom. The van der Waals surface area contributed by atoms with E-state index in [9.17, 15) is 21.6 Å². The fourth-order valence-electron chi connectivity index (χ4n) is 3.19. The lowest BCUT2D eigenvalue weighted by Gasteiger charge is -2.62. The van der Waals surface area contributed by atoms with Crippen LogP contribution in [0.1, 0.15) is 40.5 Å². The van der Waals surface area contributed by atoms with Crippen LogP contribution >= 0.6 is 0 Å². The summed E-state index contributed by atoms with van der Waals surface area (Å²) in [7, 11) is -3.74. The molecule has 0 atom stereocenters. The number of halogens is 3. The molecule has 1 saturated carbocycles. The van der Waals surface area contributed by atoms with Gasteiger partial charge in [0.15, 0.2) is 0 Å². The average Bonchev–Trinajstić information content (AvgIpc) is 2.22. The van der Waals surface area contributed by atoms with Crippen LogP contribution in [0.25, 0.3) is 0 Å². The molecule has 1 rings (SSSR count). The van der Waals surface area contributed by atoms with Gasteiger partial charge < -0.3 is 5.73 Å². The van der Waals surface area contributed by atoms with Crippen LogP contribution in [0.3, 0.4) is 0 Å². The van der Waals surface area contributed by atoms with Crippen molar-refractivity contribution < 1.29 is 21.6 Å². The van der Waals surface area contributed by atoms with Gasteiger partial charge in [-0.2, -0.15) is 13.2 Å². The molecule has 0 aromatic carbocycles. The minimum Gasteiger partial charge on any atom is -0.327 e. The summed E-state index contributed by atoms with van der Waals surface area (Å²) in [6, 6.07) is -0.543. The second-order valence-electron chi connectivity index (χ2n) is 6.71. The van der Waals surface area contributed by atoms with Crippen LogP contribution in [0.5, 0.6) is 0 Å². The first kappa shape index (κ1) is 17.7. The van der Waals surface area contributed by atoms with Gasteiger partial charge in [-0.15, -0.1) is 0 Å². The standard InChI is InChI=1S/C12H23F3N2O2S/c1-10(2)8(16)11(3,4)9(10)17-20(18,19)7-5-6-12(13,14)15/h8-9,17H,5-7,16H2,1-4H3. The van der Waals surface area contributed by atoms with Gasteiger partial charge in [-0.1, -0.05) is 27.7 Å². The minimum atomic E-state index is -4.33. The first-order valence-electron chi connectivity index (χ1n) is 6.52. The molecule has 4 nitrogen and oxygen atoms in total. The monoisotopic (exact) mass is 316 g/mol. The van der Waals surface area contributed by atoms with Gasteiger partial charge in [0, 0.05) is 18.5 Å². The van der Waals surface area contributed by atoms with Crippen molar-refractivity contribution >= 4 is 10.0 Å². The zero-order valence-electron chi connectivity index (χ0n) is 12.2. The molecule has 0 aliphatic heterocycles. The van der Waals surface area contributed by atoms with Crippen LogP contribution in [0.2, 0.25) is 0 Å². The summed E-state index contributed by atoms with van der Waals surface area (Å²) in [6.45, 7) is 7.41. The maximum absolute atomic E-state index is 12.0. The molecule has 8 heteroatoms. The Hall–Kier alpha value is -0.340. The van der Waals surface area contributed by atoms with E-state index >= 15 is 0 Å². The molecule has 0 amide bonds. The molecular formula is C12H23F3N2O2S. The van der Waals surface area contributed by atoms with E-state index in [0.29, 0.717) is 0 Å². The lowest BCUT2D eigenvalue weighted by atomic mass is 9.49. The van der Waals surface area contributed by atoms with Crippen LogP contribution < -0.4 is 10.5 Å². The lowest BCUT2D eigenvalue weighted by molar-refractivity contribution is -0.134. The fourth-order valence-corrected chi connectivity index (χ4v) is 4.79. The average molecular weight is 316 g/mol. The van der Waals surface area contributed by atoms with E-state index in [-0.39, 0.29) is 12.1 Å². The Morgan fingerprint density at radius 2 is 1.60 bits per heavy atom. The first-order valence-corrected chi connectivity index (χ1v) is 8.18. The summed E-state index contributed by atoms with van der Waals surface area (Å²) in [5, 5.41) is 0. The summed E-state index contributed by atoms with van der Waals surface area (Å²) in [5.41, 5.74) is 5.18. The van der Waals surface area contributed by atoms with E-state index in [1.807, 2.05) is 27.7 Å². The van der Waals surface area contributed by atoms with E-state index in [4.69, 9.17) is 5.73 Å². The van der Waals surface area contributed by atoms with Crippen molar-refractivity contribution in [3.63, 3.8) is 0 Å². The third-order valence-corrected chi connectivity index (χ3v) is 5.68. The predicted octanol–water partition coefficient (Wildman–Crippen LogP) is 2.01. The molecule has 0 heterocycles. The highest BCUT2D eigenvalue weighted by Crippen LogP contribution is 2.52. The van der Waals surface area contributed by atoms with Crippen LogP contribution in [0.15, 0.2) is 0 Å². The zero-order chi connectivity index (χ0) is 16.0. The topological polar surface area (TPSA) is 72.2 Å². The van der Waals surface area contributed by atoms with Gasteiger partial charge in [0.25, 0.3) is 0 Å². The van der Waals surface area contributed by atoms with Crippen LogP contribution in [0.4, 0.5) is 13.2 Å². The van der Waals surface area contributed by atoms with Crippen molar-refractivity contribution in [1.82, 2.24) is 4.72 Å². The maximum atomic E-state index is 12.0. The molecule has 0 spiro atoms. The van der Waals surface area contributed by atoms with E-state index in [2.05, 4.69) is 4.72 Å². The summed E-state index contributed by atoms with van der Waals surface area (Å²) in [5.74, 6) is -0.523. The highest BCUT2D eigenvalue weighted by molar-refractivity contribution is 7.89. The number of nitrogens with one attached hydrogen (secondary N) is 1. The molecule has 20 heavy (non-hydrogen) atoms. The SMILES string of the molecule is CC1(C)C(N)C(C)(C)C1NS(=O)(=O)CCCC(F)(F)F. The zero-order valence-corrected chi connectivity index (χ0v) is 13.0. The Kier molecular flexibility index (Phi) is 4.55. The molecule has 1 aliphatic rings. The van der Waals surface area contributed by atoms with E-state index in [1.54, 1.807) is 0 Å². The molecule has 1 aliphatic carbocycles. The molecule has 0 aromatic rings. The molecule has 0 bridgehead atoms. The number of hydrogen-bond acceptors (Lipinski definition) is 3. The van der Waals surface area contributed by atoms with Crippen LogP contribution in [-0.4, -0.2) is 32.4 Å². The van der Waals surface area contributed by atoms with E-state index in [0.717, 1.165) is 0 Å². The van der Waals surface area contributed by atoms with Crippen molar-refractivity contribution in [2.24, 2.45) is 16.6 Å². The summed E-state index contributed by atoms with van der Waals surface area (Å²) in [6.07, 6.45) is -5.85. The van der Waals surface area contributed by atoms with E-state index < -0.39 is 45.6 Å². The maximum Gasteiger partial charge on any atom is 0.389 e. The lowest BCUT2D eigenvalue weighted by Crippen LogP contribution is -2.76. The molecule has 0 aromatic heterocycles. The third kappa shape index (κ3) is 3.65. The van der Waals surface area contributed by atoms with Gasteiger partial charge in [0.05, 0.1) is 5.75 Å². The number of rotatable bonds is 5. The highest BCUT2D eigenvalue weighted by Gasteiger charge is 2.60. The smallest absolute Gasteiger partial charge is 0.327 e. The highest BCUT2D eigenvalue weighted by atomic mass is 32.2. The molecule has 0 radical (unpaired) electrons. The van der Waals surface area contributed by atoms with Crippen molar-refractivity contribution in [3.8, 4) is 0 Å². The summed E-state index contributed by atoms with van der Waals surface area (Å²) < 4.78 is 62.4. The van der Waals surface area contributed by atoms with E-state index in [1.165, 1.54) is 0 Å². The van der Waals surface area contributed by atoms with Gasteiger partial charge in [0.2, 0.25) is 10.0 Å². The normalized spacial score (nSPS) is 29.0. The fraction of sp³-hybridized carbons (Fsp3) is 1.00. The Balaban J connectivity index is 2.64. The summed E-state index contributed by atoms with van der Waals surface area (Å²) in [4.78, 5) is 0. The molecule has 120 valence electrons. The second-order valence-corrected chi connectivity index (χ2v) is 8.58. The van der Waals surface area contributed by atoms with Gasteiger partial charge in [-0.25, -0.2) is 13.1 Å². The summed E-state index contributed by atoms with van der Waals surface area (Å²) >= 11 is 0. The molecule has 0 saturated heterocycles. The molecule has 0 unspecified atom stereocenters. The second kappa shape index (κ2) is 5.14. The van der Waals surface area contributed by atoms with Gasteiger partial charge in [-0.05, 0) is 17.3 Å². The predicted molar refractivity (Wildman–Crippen MR) is 71.5 cm³/mol. The number of sulfonamides is 1. The van der Waals surface area contributed by atoms with Gasteiger partial charge in [-0.3, -0.25) is 0 Å². The largest absolute Gasteiger partial charge is 0.389 e. The molecule has 3 N–H and O–H groups in total. The van der Waals surface area contributed by atoms with Gasteiger partial charge in [0.1, 0.15) is 0 Å². The first-order chi connectivity index (χ1) is 8.70. The van der Waals surface area contributed by atoms with Crippen molar-refractivity contribution in [3.05, 3.63) is 0 Å². The van der Waals surface area contributed by atoms with Gasteiger partial charge >= 0.3 is 6.18 Å². The third-order valence-electron chi connectivity index (χ3n) is 4.26.